The predicted molar refractivity (Wildman–Crippen MR) is 70.1 cm³/mol. The van der Waals surface area contributed by atoms with Gasteiger partial charge in [-0.1, -0.05) is 13.3 Å². The summed E-state index contributed by atoms with van der Waals surface area (Å²) >= 11 is 1.68. The molecule has 0 aromatic carbocycles. The Morgan fingerprint density at radius 3 is 2.88 bits per heavy atom. The average Bonchev–Trinajstić information content (AvgIpc) is 2.81. The Bertz CT molecular complexity index is 311. The summed E-state index contributed by atoms with van der Waals surface area (Å²) in [5.74, 6) is 0.0356. The molecule has 0 fully saturated rings. The van der Waals surface area contributed by atoms with E-state index in [-0.39, 0.29) is 11.9 Å². The van der Waals surface area contributed by atoms with E-state index < -0.39 is 0 Å². The molecule has 0 saturated heterocycles. The fourth-order valence-corrected chi connectivity index (χ4v) is 2.53. The lowest BCUT2D eigenvalue weighted by molar-refractivity contribution is -0.148. The zero-order valence-corrected chi connectivity index (χ0v) is 11.5. The highest BCUT2D eigenvalue weighted by Gasteiger charge is 2.18. The molecule has 1 atom stereocenters. The van der Waals surface area contributed by atoms with Crippen LogP contribution in [0.1, 0.15) is 44.5 Å². The number of aromatic nitrogens is 1. The van der Waals surface area contributed by atoms with Gasteiger partial charge in [-0.15, -0.1) is 11.3 Å². The minimum Gasteiger partial charge on any atom is -0.466 e. The number of esters is 1. The van der Waals surface area contributed by atoms with Crippen LogP contribution in [-0.4, -0.2) is 17.6 Å². The molecule has 1 rings (SSSR count). The Kier molecular flexibility index (Phi) is 6.86. The lowest BCUT2D eigenvalue weighted by Crippen LogP contribution is -2.18. The minimum absolute atomic E-state index is 0.0338. The summed E-state index contributed by atoms with van der Waals surface area (Å²) in [5, 5.41) is 3.15. The summed E-state index contributed by atoms with van der Waals surface area (Å²) in [6, 6.07) is 0. The van der Waals surface area contributed by atoms with Gasteiger partial charge >= 0.3 is 5.97 Å². The number of carbonyl (C=O) groups is 1. The molecule has 1 unspecified atom stereocenters. The van der Waals surface area contributed by atoms with Crippen molar-refractivity contribution in [2.45, 2.75) is 46.0 Å². The quantitative estimate of drug-likeness (QED) is 0.668. The minimum atomic E-state index is -0.0338. The van der Waals surface area contributed by atoms with E-state index in [1.165, 1.54) is 0 Å². The van der Waals surface area contributed by atoms with Gasteiger partial charge in [-0.3, -0.25) is 4.79 Å². The van der Waals surface area contributed by atoms with E-state index in [4.69, 9.17) is 4.74 Å². The van der Waals surface area contributed by atoms with Crippen molar-refractivity contribution in [1.82, 2.24) is 4.98 Å². The maximum Gasteiger partial charge on any atom is 0.308 e. The summed E-state index contributed by atoms with van der Waals surface area (Å²) in [4.78, 5) is 15.9. The molecular weight excluding hydrogens is 234 g/mol. The van der Waals surface area contributed by atoms with Crippen molar-refractivity contribution < 1.29 is 9.53 Å². The van der Waals surface area contributed by atoms with Crippen molar-refractivity contribution in [2.75, 3.05) is 6.61 Å². The van der Waals surface area contributed by atoms with Crippen LogP contribution >= 0.6 is 11.3 Å². The number of hydrogen-bond donors (Lipinski definition) is 0. The van der Waals surface area contributed by atoms with Gasteiger partial charge in [0, 0.05) is 11.6 Å². The molecule has 1 aromatic heterocycles. The Labute approximate surface area is 107 Å². The number of thiazole rings is 1. The number of carbonyl (C=O) groups excluding carboxylic acids is 1. The van der Waals surface area contributed by atoms with Gasteiger partial charge in [0.2, 0.25) is 0 Å². The SMILES string of the molecule is CCCC(CCCc1nccs1)C(=O)OCC. The second-order valence-corrected chi connectivity index (χ2v) is 5.03. The van der Waals surface area contributed by atoms with Gasteiger partial charge in [0.05, 0.1) is 17.5 Å². The molecule has 3 nitrogen and oxygen atoms in total. The molecule has 0 radical (unpaired) electrons. The molecule has 4 heteroatoms. The van der Waals surface area contributed by atoms with E-state index in [0.717, 1.165) is 37.1 Å². The summed E-state index contributed by atoms with van der Waals surface area (Å²) in [7, 11) is 0. The normalized spacial score (nSPS) is 12.4. The van der Waals surface area contributed by atoms with Gasteiger partial charge in [-0.05, 0) is 32.6 Å². The summed E-state index contributed by atoms with van der Waals surface area (Å²) in [6.45, 7) is 4.44. The van der Waals surface area contributed by atoms with Crippen molar-refractivity contribution in [2.24, 2.45) is 5.92 Å². The Morgan fingerprint density at radius 2 is 2.29 bits per heavy atom. The van der Waals surface area contributed by atoms with E-state index in [9.17, 15) is 4.79 Å². The number of aryl methyl sites for hydroxylation is 1. The van der Waals surface area contributed by atoms with Gasteiger partial charge in [0.25, 0.3) is 0 Å². The molecule has 0 spiro atoms. The average molecular weight is 255 g/mol. The summed E-state index contributed by atoms with van der Waals surface area (Å²) in [6.07, 6.45) is 6.67. The highest BCUT2D eigenvalue weighted by atomic mass is 32.1. The molecule has 0 aliphatic carbocycles. The van der Waals surface area contributed by atoms with Crippen LogP contribution in [0.25, 0.3) is 0 Å². The van der Waals surface area contributed by atoms with Crippen LogP contribution in [-0.2, 0) is 16.0 Å². The number of nitrogens with zero attached hydrogens (tertiary/aromatic N) is 1. The molecule has 0 aliphatic heterocycles. The van der Waals surface area contributed by atoms with Gasteiger partial charge in [-0.2, -0.15) is 0 Å². The summed E-state index contributed by atoms with van der Waals surface area (Å²) < 4.78 is 5.09. The second kappa shape index (κ2) is 8.23. The van der Waals surface area contributed by atoms with Crippen molar-refractivity contribution in [3.05, 3.63) is 16.6 Å². The first-order valence-electron chi connectivity index (χ1n) is 6.32. The highest BCUT2D eigenvalue weighted by Crippen LogP contribution is 2.18. The fourth-order valence-electron chi connectivity index (χ4n) is 1.86. The molecule has 96 valence electrons. The van der Waals surface area contributed by atoms with Crippen LogP contribution in [0.5, 0.6) is 0 Å². The largest absolute Gasteiger partial charge is 0.466 e. The topological polar surface area (TPSA) is 39.2 Å². The van der Waals surface area contributed by atoms with E-state index in [2.05, 4.69) is 11.9 Å². The van der Waals surface area contributed by atoms with E-state index in [1.807, 2.05) is 18.5 Å². The molecule has 0 bridgehead atoms. The van der Waals surface area contributed by atoms with E-state index in [1.54, 1.807) is 11.3 Å². The molecule has 17 heavy (non-hydrogen) atoms. The lowest BCUT2D eigenvalue weighted by atomic mass is 9.97. The van der Waals surface area contributed by atoms with Gasteiger partial charge < -0.3 is 4.74 Å². The van der Waals surface area contributed by atoms with Gasteiger partial charge in [-0.25, -0.2) is 4.98 Å². The number of rotatable bonds is 8. The first kappa shape index (κ1) is 14.2. The highest BCUT2D eigenvalue weighted by molar-refractivity contribution is 7.09. The van der Waals surface area contributed by atoms with E-state index in [0.29, 0.717) is 6.61 Å². The van der Waals surface area contributed by atoms with E-state index >= 15 is 0 Å². The number of hydrogen-bond acceptors (Lipinski definition) is 4. The van der Waals surface area contributed by atoms with Gasteiger partial charge in [0.15, 0.2) is 0 Å². The maximum absolute atomic E-state index is 11.7. The number of ether oxygens (including phenoxy) is 1. The van der Waals surface area contributed by atoms with Crippen molar-refractivity contribution in [3.63, 3.8) is 0 Å². The molecule has 0 saturated carbocycles. The maximum atomic E-state index is 11.7. The second-order valence-electron chi connectivity index (χ2n) is 4.06. The van der Waals surface area contributed by atoms with Crippen LogP contribution in [0.15, 0.2) is 11.6 Å². The third-order valence-corrected chi connectivity index (χ3v) is 3.52. The smallest absolute Gasteiger partial charge is 0.308 e. The third-order valence-electron chi connectivity index (χ3n) is 2.68. The van der Waals surface area contributed by atoms with Crippen LogP contribution in [0, 0.1) is 5.92 Å². The van der Waals surface area contributed by atoms with Crippen LogP contribution in [0.4, 0.5) is 0 Å². The molecule has 1 heterocycles. The first-order chi connectivity index (χ1) is 8.27. The molecular formula is C13H21NO2S. The van der Waals surface area contributed by atoms with Crippen molar-refractivity contribution in [1.29, 1.82) is 0 Å². The molecule has 0 amide bonds. The van der Waals surface area contributed by atoms with Crippen molar-refractivity contribution >= 4 is 17.3 Å². The fraction of sp³-hybridized carbons (Fsp3) is 0.692. The molecule has 1 aromatic rings. The Hall–Kier alpha value is -0.900. The monoisotopic (exact) mass is 255 g/mol. The summed E-state index contributed by atoms with van der Waals surface area (Å²) in [5.41, 5.74) is 0. The zero-order valence-electron chi connectivity index (χ0n) is 10.6. The third kappa shape index (κ3) is 5.31. The van der Waals surface area contributed by atoms with Crippen LogP contribution in [0.2, 0.25) is 0 Å². The zero-order chi connectivity index (χ0) is 12.5. The van der Waals surface area contributed by atoms with Gasteiger partial charge in [0.1, 0.15) is 0 Å². The molecule has 0 aliphatic rings. The first-order valence-corrected chi connectivity index (χ1v) is 7.20. The Morgan fingerprint density at radius 1 is 1.47 bits per heavy atom. The Balaban J connectivity index is 2.31. The van der Waals surface area contributed by atoms with Crippen LogP contribution < -0.4 is 0 Å². The van der Waals surface area contributed by atoms with Crippen molar-refractivity contribution in [3.8, 4) is 0 Å². The predicted octanol–water partition coefficient (Wildman–Crippen LogP) is 3.45. The van der Waals surface area contributed by atoms with Crippen LogP contribution in [0.3, 0.4) is 0 Å². The lowest BCUT2D eigenvalue weighted by Gasteiger charge is -2.13. The molecule has 0 N–H and O–H groups in total. The standard InChI is InChI=1S/C13H21NO2S/c1-3-6-11(13(15)16-4-2)7-5-8-12-14-9-10-17-12/h9-11H,3-8H2,1-2H3.